The molecule has 1 aliphatic heterocycles. The number of carbonyl (C=O) groups excluding carboxylic acids is 3. The Labute approximate surface area is 113 Å². The van der Waals surface area contributed by atoms with Gasteiger partial charge in [-0.25, -0.2) is 14.0 Å². The first-order valence-corrected chi connectivity index (χ1v) is 6.18. The maximum absolute atomic E-state index is 14.7. The molecule has 0 spiro atoms. The van der Waals surface area contributed by atoms with Gasteiger partial charge < -0.3 is 9.57 Å². The summed E-state index contributed by atoms with van der Waals surface area (Å²) >= 11 is 0. The molecule has 2 fully saturated rings. The van der Waals surface area contributed by atoms with Crippen molar-refractivity contribution in [2.24, 2.45) is 5.16 Å². The van der Waals surface area contributed by atoms with E-state index >= 15 is 0 Å². The first-order valence-electron chi connectivity index (χ1n) is 6.18. The Morgan fingerprint density at radius 2 is 2.20 bits per heavy atom. The van der Waals surface area contributed by atoms with Crippen LogP contribution in [0, 0.1) is 0 Å². The molecule has 2 N–H and O–H groups in total. The van der Waals surface area contributed by atoms with Crippen molar-refractivity contribution in [2.75, 3.05) is 6.61 Å². The lowest BCUT2D eigenvalue weighted by Crippen LogP contribution is -2.70. The minimum Gasteiger partial charge on any atom is -0.463 e. The van der Waals surface area contributed by atoms with E-state index in [1.165, 1.54) is 6.92 Å². The van der Waals surface area contributed by atoms with E-state index in [0.29, 0.717) is 18.6 Å². The molecule has 20 heavy (non-hydrogen) atoms. The van der Waals surface area contributed by atoms with Crippen LogP contribution in [0.4, 0.5) is 9.18 Å². The molecule has 0 aromatic rings. The molecule has 8 nitrogen and oxygen atoms in total. The normalized spacial score (nSPS) is 28.9. The van der Waals surface area contributed by atoms with E-state index in [1.807, 2.05) is 5.32 Å². The van der Waals surface area contributed by atoms with Gasteiger partial charge in [0.05, 0.1) is 12.3 Å². The van der Waals surface area contributed by atoms with Gasteiger partial charge in [-0.1, -0.05) is 5.16 Å². The molecule has 9 heteroatoms. The molecule has 3 amide bonds. The molecular formula is C11H14FN3O5. The number of hydrogen-bond acceptors (Lipinski definition) is 6. The van der Waals surface area contributed by atoms with Crippen molar-refractivity contribution in [3.63, 3.8) is 0 Å². The van der Waals surface area contributed by atoms with Crippen LogP contribution in [0.5, 0.6) is 0 Å². The Morgan fingerprint density at radius 1 is 1.50 bits per heavy atom. The average Bonchev–Trinajstić information content (AvgIpc) is 2.33. The molecule has 0 radical (unpaired) electrons. The molecule has 1 aliphatic carbocycles. The number of alkyl halides is 1. The van der Waals surface area contributed by atoms with Gasteiger partial charge in [0.2, 0.25) is 0 Å². The average molecular weight is 287 g/mol. The van der Waals surface area contributed by atoms with Crippen LogP contribution < -0.4 is 10.6 Å². The third-order valence-corrected chi connectivity index (χ3v) is 2.97. The zero-order chi connectivity index (χ0) is 14.8. The van der Waals surface area contributed by atoms with E-state index in [2.05, 4.69) is 9.89 Å². The highest BCUT2D eigenvalue weighted by Gasteiger charge is 2.61. The molecule has 2 unspecified atom stereocenters. The van der Waals surface area contributed by atoms with Crippen molar-refractivity contribution in [3.05, 3.63) is 0 Å². The maximum Gasteiger partial charge on any atom is 0.360 e. The molecule has 0 aromatic carbocycles. The Balaban J connectivity index is 2.19. The minimum absolute atomic E-state index is 0.118. The molecule has 1 heterocycles. The number of rotatable bonds is 4. The lowest BCUT2D eigenvalue weighted by Gasteiger charge is -2.32. The van der Waals surface area contributed by atoms with Gasteiger partial charge in [-0.2, -0.15) is 0 Å². The number of ether oxygens (including phenoxy) is 1. The number of nitrogens with one attached hydrogen (secondary N) is 2. The molecule has 0 aromatic heterocycles. The topological polar surface area (TPSA) is 106 Å². The van der Waals surface area contributed by atoms with Gasteiger partial charge in [0.1, 0.15) is 0 Å². The van der Waals surface area contributed by atoms with Crippen LogP contribution in [0.15, 0.2) is 5.16 Å². The molecule has 2 aliphatic rings. The van der Waals surface area contributed by atoms with E-state index in [1.54, 1.807) is 5.32 Å². The third kappa shape index (κ3) is 2.43. The summed E-state index contributed by atoms with van der Waals surface area (Å²) in [6, 6.07) is -0.966. The third-order valence-electron chi connectivity index (χ3n) is 2.97. The number of oxime groups is 1. The number of hydrogen-bond donors (Lipinski definition) is 2. The zero-order valence-corrected chi connectivity index (χ0v) is 10.8. The molecule has 0 bridgehead atoms. The number of urea groups is 1. The van der Waals surface area contributed by atoms with Gasteiger partial charge in [-0.3, -0.25) is 15.4 Å². The van der Waals surface area contributed by atoms with Crippen LogP contribution in [-0.4, -0.2) is 42.1 Å². The Morgan fingerprint density at radius 3 is 2.75 bits per heavy atom. The predicted molar refractivity (Wildman–Crippen MR) is 63.3 cm³/mol. The summed E-state index contributed by atoms with van der Waals surface area (Å²) in [5.74, 6) is -2.87. The summed E-state index contributed by atoms with van der Waals surface area (Å²) in [5.41, 5.74) is -2.49. The first-order chi connectivity index (χ1) is 9.48. The number of imide groups is 1. The SMILES string of the molecule is CCOC(=O)C1(F)C(=O)NC(=O)NC1ON=C1CCC1. The number of halogens is 1. The fraction of sp³-hybridized carbons (Fsp3) is 0.636. The second-order valence-electron chi connectivity index (χ2n) is 4.36. The molecule has 2 atom stereocenters. The molecular weight excluding hydrogens is 273 g/mol. The van der Waals surface area contributed by atoms with Gasteiger partial charge in [-0.15, -0.1) is 0 Å². The van der Waals surface area contributed by atoms with Crippen LogP contribution in [0.2, 0.25) is 0 Å². The number of amides is 3. The molecule has 1 saturated carbocycles. The Hall–Kier alpha value is -2.19. The quantitative estimate of drug-likeness (QED) is 0.429. The molecule has 2 rings (SSSR count). The first kappa shape index (κ1) is 14.2. The maximum atomic E-state index is 14.7. The summed E-state index contributed by atoms with van der Waals surface area (Å²) in [5, 5.41) is 7.30. The Kier molecular flexibility index (Phi) is 3.86. The van der Waals surface area contributed by atoms with Crippen LogP contribution in [0.3, 0.4) is 0 Å². The van der Waals surface area contributed by atoms with E-state index < -0.39 is 29.8 Å². The van der Waals surface area contributed by atoms with Crippen molar-refractivity contribution in [1.82, 2.24) is 10.6 Å². The number of nitrogens with zero attached hydrogens (tertiary/aromatic N) is 1. The predicted octanol–water partition coefficient (Wildman–Crippen LogP) is -0.0202. The largest absolute Gasteiger partial charge is 0.463 e. The highest BCUT2D eigenvalue weighted by Crippen LogP contribution is 2.24. The van der Waals surface area contributed by atoms with Crippen molar-refractivity contribution in [1.29, 1.82) is 0 Å². The van der Waals surface area contributed by atoms with Gasteiger partial charge in [0.15, 0.2) is 0 Å². The van der Waals surface area contributed by atoms with Crippen molar-refractivity contribution in [3.8, 4) is 0 Å². The smallest absolute Gasteiger partial charge is 0.360 e. The molecule has 110 valence electrons. The van der Waals surface area contributed by atoms with Gasteiger partial charge in [0, 0.05) is 0 Å². The van der Waals surface area contributed by atoms with E-state index in [-0.39, 0.29) is 6.61 Å². The fourth-order valence-corrected chi connectivity index (χ4v) is 1.66. The van der Waals surface area contributed by atoms with Crippen LogP contribution >= 0.6 is 0 Å². The lowest BCUT2D eigenvalue weighted by molar-refractivity contribution is -0.179. The zero-order valence-electron chi connectivity index (χ0n) is 10.8. The van der Waals surface area contributed by atoms with Crippen molar-refractivity contribution < 1.29 is 28.3 Å². The standard InChI is InChI=1S/C11H14FN3O5/c1-2-19-9(17)11(12)7(16)13-10(18)14-8(11)20-15-6-4-3-5-6/h8H,2-5H2,1H3,(H2,13,14,16,18). The lowest BCUT2D eigenvalue weighted by atomic mass is 9.98. The highest BCUT2D eigenvalue weighted by atomic mass is 19.1. The minimum atomic E-state index is -3.17. The van der Waals surface area contributed by atoms with E-state index in [0.717, 1.165) is 6.42 Å². The van der Waals surface area contributed by atoms with Gasteiger partial charge >= 0.3 is 17.7 Å². The van der Waals surface area contributed by atoms with Gasteiger partial charge in [0.25, 0.3) is 12.1 Å². The van der Waals surface area contributed by atoms with Crippen molar-refractivity contribution >= 4 is 23.6 Å². The van der Waals surface area contributed by atoms with Gasteiger partial charge in [-0.05, 0) is 26.2 Å². The molecule has 1 saturated heterocycles. The summed E-state index contributed by atoms with van der Waals surface area (Å²) in [7, 11) is 0. The van der Waals surface area contributed by atoms with Crippen LogP contribution in [-0.2, 0) is 19.2 Å². The summed E-state index contributed by atoms with van der Waals surface area (Å²) in [6.45, 7) is 1.35. The highest BCUT2D eigenvalue weighted by molar-refractivity contribution is 6.14. The summed E-state index contributed by atoms with van der Waals surface area (Å²) in [6.07, 6.45) is 0.492. The van der Waals surface area contributed by atoms with E-state index in [9.17, 15) is 18.8 Å². The van der Waals surface area contributed by atoms with E-state index in [4.69, 9.17) is 4.84 Å². The number of esters is 1. The Bertz CT molecular complexity index is 475. The monoisotopic (exact) mass is 287 g/mol. The fourth-order valence-electron chi connectivity index (χ4n) is 1.66. The second-order valence-corrected chi connectivity index (χ2v) is 4.36. The summed E-state index contributed by atoms with van der Waals surface area (Å²) in [4.78, 5) is 39.3. The van der Waals surface area contributed by atoms with Crippen molar-refractivity contribution in [2.45, 2.75) is 38.1 Å². The van der Waals surface area contributed by atoms with Crippen LogP contribution in [0.1, 0.15) is 26.2 Å². The second kappa shape index (κ2) is 5.43. The number of carbonyl (C=O) groups is 3. The summed E-state index contributed by atoms with van der Waals surface area (Å²) < 4.78 is 19.2. The van der Waals surface area contributed by atoms with Crippen LogP contribution in [0.25, 0.3) is 0 Å².